The number of hydrogen-bond acceptors (Lipinski definition) is 5. The summed E-state index contributed by atoms with van der Waals surface area (Å²) >= 11 is 0. The minimum Gasteiger partial charge on any atom is -0.356 e. The number of nitriles is 1. The Morgan fingerprint density at radius 1 is 1.07 bits per heavy atom. The van der Waals surface area contributed by atoms with Crippen LogP contribution in [0.2, 0.25) is 0 Å². The highest BCUT2D eigenvalue weighted by Gasteiger charge is 2.21. The van der Waals surface area contributed by atoms with E-state index in [-0.39, 0.29) is 12.4 Å². The Labute approximate surface area is 167 Å². The largest absolute Gasteiger partial charge is 0.356 e. The first-order valence-corrected chi connectivity index (χ1v) is 8.42. The van der Waals surface area contributed by atoms with Gasteiger partial charge in [0.05, 0.1) is 0 Å². The zero-order valence-electron chi connectivity index (χ0n) is 14.7. The summed E-state index contributed by atoms with van der Waals surface area (Å²) in [6.07, 6.45) is 0.291. The van der Waals surface area contributed by atoms with E-state index >= 15 is 0 Å². The fraction of sp³-hybridized carbons (Fsp3) is 0.0952. The van der Waals surface area contributed by atoms with Crippen LogP contribution in [0, 0.1) is 17.1 Å². The van der Waals surface area contributed by atoms with Crippen LogP contribution < -0.4 is 5.73 Å². The van der Waals surface area contributed by atoms with Crippen LogP contribution in [-0.4, -0.2) is 10.1 Å². The first-order valence-electron chi connectivity index (χ1n) is 8.42. The van der Waals surface area contributed by atoms with Crippen molar-refractivity contribution in [2.45, 2.75) is 12.5 Å². The van der Waals surface area contributed by atoms with Crippen LogP contribution in [0.4, 0.5) is 4.39 Å². The van der Waals surface area contributed by atoms with Crippen LogP contribution in [0.5, 0.6) is 0 Å². The van der Waals surface area contributed by atoms with E-state index in [4.69, 9.17) is 15.5 Å². The molecule has 0 fully saturated rings. The third-order valence-corrected chi connectivity index (χ3v) is 4.41. The fourth-order valence-electron chi connectivity index (χ4n) is 3.18. The van der Waals surface area contributed by atoms with E-state index in [1.807, 2.05) is 30.3 Å². The van der Waals surface area contributed by atoms with Gasteiger partial charge in [-0.05, 0) is 30.3 Å². The molecular weight excluding hydrogens is 379 g/mol. The molecule has 2 N–H and O–H groups in total. The zero-order valence-corrected chi connectivity index (χ0v) is 15.5. The number of para-hydroxylation sites is 1. The van der Waals surface area contributed by atoms with Gasteiger partial charge in [0.15, 0.2) is 5.58 Å². The summed E-state index contributed by atoms with van der Waals surface area (Å²) in [4.78, 5) is 4.23. The SMILES string of the molecule is Cl.N#Cc1cccc(CC(N)c2c(F)cccc2-c2noc3ccccc23)n1. The van der Waals surface area contributed by atoms with Gasteiger partial charge < -0.3 is 10.3 Å². The van der Waals surface area contributed by atoms with Crippen LogP contribution in [0.25, 0.3) is 22.2 Å². The Hall–Kier alpha value is -3.27. The van der Waals surface area contributed by atoms with Gasteiger partial charge in [-0.15, -0.1) is 12.4 Å². The Kier molecular flexibility index (Phi) is 5.69. The summed E-state index contributed by atoms with van der Waals surface area (Å²) in [6.45, 7) is 0. The summed E-state index contributed by atoms with van der Waals surface area (Å²) in [6, 6.07) is 18.7. The van der Waals surface area contributed by atoms with Crippen molar-refractivity contribution in [3.8, 4) is 17.3 Å². The average Bonchev–Trinajstić information content (AvgIpc) is 3.12. The molecule has 4 rings (SSSR count). The second-order valence-corrected chi connectivity index (χ2v) is 6.16. The lowest BCUT2D eigenvalue weighted by molar-refractivity contribution is 0.459. The van der Waals surface area contributed by atoms with Gasteiger partial charge in [-0.2, -0.15) is 5.26 Å². The molecule has 0 bridgehead atoms. The molecule has 28 heavy (non-hydrogen) atoms. The molecule has 140 valence electrons. The predicted molar refractivity (Wildman–Crippen MR) is 106 cm³/mol. The molecule has 0 aliphatic rings. The van der Waals surface area contributed by atoms with E-state index < -0.39 is 11.9 Å². The van der Waals surface area contributed by atoms with Gasteiger partial charge in [-0.1, -0.05) is 35.5 Å². The molecule has 0 saturated heterocycles. The van der Waals surface area contributed by atoms with Gasteiger partial charge in [0.1, 0.15) is 23.3 Å². The van der Waals surface area contributed by atoms with Crippen LogP contribution in [0.3, 0.4) is 0 Å². The molecule has 0 aliphatic carbocycles. The maximum Gasteiger partial charge on any atom is 0.167 e. The first-order chi connectivity index (χ1) is 13.2. The molecule has 0 aliphatic heterocycles. The minimum absolute atomic E-state index is 0. The fourth-order valence-corrected chi connectivity index (χ4v) is 3.18. The monoisotopic (exact) mass is 394 g/mol. The summed E-state index contributed by atoms with van der Waals surface area (Å²) < 4.78 is 20.1. The van der Waals surface area contributed by atoms with Gasteiger partial charge in [-0.25, -0.2) is 9.37 Å². The van der Waals surface area contributed by atoms with Gasteiger partial charge in [0, 0.05) is 34.7 Å². The van der Waals surface area contributed by atoms with Gasteiger partial charge in [-0.3, -0.25) is 0 Å². The molecule has 0 radical (unpaired) electrons. The smallest absolute Gasteiger partial charge is 0.167 e. The molecule has 2 aromatic carbocycles. The Morgan fingerprint density at radius 2 is 1.86 bits per heavy atom. The summed E-state index contributed by atoms with van der Waals surface area (Å²) in [7, 11) is 0. The average molecular weight is 395 g/mol. The molecule has 1 atom stereocenters. The topological polar surface area (TPSA) is 88.7 Å². The van der Waals surface area contributed by atoms with Crippen LogP contribution >= 0.6 is 12.4 Å². The van der Waals surface area contributed by atoms with E-state index in [0.717, 1.165) is 5.39 Å². The molecule has 0 spiro atoms. The number of fused-ring (bicyclic) bond motifs is 1. The second kappa shape index (κ2) is 8.17. The Morgan fingerprint density at radius 3 is 2.68 bits per heavy atom. The van der Waals surface area contributed by atoms with Crippen molar-refractivity contribution in [2.75, 3.05) is 0 Å². The lowest BCUT2D eigenvalue weighted by atomic mass is 9.93. The third kappa shape index (κ3) is 3.58. The number of hydrogen-bond donors (Lipinski definition) is 1. The molecule has 0 saturated carbocycles. The highest BCUT2D eigenvalue weighted by Crippen LogP contribution is 2.34. The second-order valence-electron chi connectivity index (χ2n) is 6.16. The van der Waals surface area contributed by atoms with Crippen molar-refractivity contribution >= 4 is 23.4 Å². The molecule has 2 heterocycles. The lowest BCUT2D eigenvalue weighted by Gasteiger charge is -2.16. The number of nitrogens with two attached hydrogens (primary N) is 1. The molecule has 5 nitrogen and oxygen atoms in total. The number of nitrogens with zero attached hydrogens (tertiary/aromatic N) is 3. The molecule has 0 amide bonds. The van der Waals surface area contributed by atoms with Crippen LogP contribution in [0.1, 0.15) is 23.0 Å². The normalized spacial score (nSPS) is 11.6. The molecule has 4 aromatic rings. The molecular formula is C21H16ClFN4O. The number of aromatic nitrogens is 2. The first kappa shape index (κ1) is 19.5. The Bertz CT molecular complexity index is 1170. The third-order valence-electron chi connectivity index (χ3n) is 4.41. The van der Waals surface area contributed by atoms with Crippen molar-refractivity contribution in [1.29, 1.82) is 5.26 Å². The van der Waals surface area contributed by atoms with E-state index in [1.54, 1.807) is 30.3 Å². The van der Waals surface area contributed by atoms with E-state index in [1.165, 1.54) is 6.07 Å². The summed E-state index contributed by atoms with van der Waals surface area (Å²) in [5, 5.41) is 13.9. The van der Waals surface area contributed by atoms with Crippen molar-refractivity contribution in [3.63, 3.8) is 0 Å². The van der Waals surface area contributed by atoms with E-state index in [0.29, 0.717) is 40.2 Å². The zero-order chi connectivity index (χ0) is 18.8. The predicted octanol–water partition coefficient (Wildman–Crippen LogP) is 4.56. The minimum atomic E-state index is -0.655. The summed E-state index contributed by atoms with van der Waals surface area (Å²) in [5.41, 5.74) is 9.39. The maximum absolute atomic E-state index is 14.7. The van der Waals surface area contributed by atoms with Crippen molar-refractivity contribution < 1.29 is 8.91 Å². The molecule has 2 aromatic heterocycles. The number of rotatable bonds is 4. The number of benzene rings is 2. The van der Waals surface area contributed by atoms with Gasteiger partial charge >= 0.3 is 0 Å². The van der Waals surface area contributed by atoms with Gasteiger partial charge in [0.2, 0.25) is 0 Å². The van der Waals surface area contributed by atoms with Crippen molar-refractivity contribution in [3.05, 3.63) is 83.4 Å². The van der Waals surface area contributed by atoms with E-state index in [2.05, 4.69) is 10.1 Å². The summed E-state index contributed by atoms with van der Waals surface area (Å²) in [5.74, 6) is -0.413. The standard InChI is InChI=1S/C21H15FN4O.ClH/c22-17-9-4-8-16(21-15-7-1-2-10-19(15)27-26-21)20(17)18(24)11-13-5-3-6-14(12-23)25-13;/h1-10,18H,11,24H2;1H. The van der Waals surface area contributed by atoms with Gasteiger partial charge in [0.25, 0.3) is 0 Å². The highest BCUT2D eigenvalue weighted by molar-refractivity contribution is 5.92. The molecule has 1 unspecified atom stereocenters. The van der Waals surface area contributed by atoms with E-state index in [9.17, 15) is 4.39 Å². The quantitative estimate of drug-likeness (QED) is 0.547. The lowest BCUT2D eigenvalue weighted by Crippen LogP contribution is -2.17. The number of halogens is 2. The highest BCUT2D eigenvalue weighted by atomic mass is 35.5. The maximum atomic E-state index is 14.7. The van der Waals surface area contributed by atoms with Crippen LogP contribution in [-0.2, 0) is 6.42 Å². The van der Waals surface area contributed by atoms with Crippen LogP contribution in [0.15, 0.2) is 65.2 Å². The Balaban J connectivity index is 0.00000225. The molecule has 7 heteroatoms. The van der Waals surface area contributed by atoms with Crippen molar-refractivity contribution in [1.82, 2.24) is 10.1 Å². The number of pyridine rings is 1. The van der Waals surface area contributed by atoms with Crippen molar-refractivity contribution in [2.24, 2.45) is 5.73 Å².